The second kappa shape index (κ2) is 5.13. The third-order valence-electron chi connectivity index (χ3n) is 3.54. The van der Waals surface area contributed by atoms with Crippen LogP contribution in [0.5, 0.6) is 0 Å². The number of halogens is 4. The van der Waals surface area contributed by atoms with Crippen LogP contribution in [0.3, 0.4) is 0 Å². The molecule has 0 aromatic heterocycles. The molecule has 3 rings (SSSR count). The van der Waals surface area contributed by atoms with Crippen molar-refractivity contribution < 1.29 is 13.2 Å². The molecule has 2 aromatic carbocycles. The molecule has 0 amide bonds. The summed E-state index contributed by atoms with van der Waals surface area (Å²) in [5.74, 6) is -3.02. The maximum atomic E-state index is 13.7. The summed E-state index contributed by atoms with van der Waals surface area (Å²) in [6.07, 6.45) is 1.60. The molecule has 0 heterocycles. The lowest BCUT2D eigenvalue weighted by molar-refractivity contribution is 0.496. The largest absolute Gasteiger partial charge is 0.376 e. The van der Waals surface area contributed by atoms with E-state index in [0.717, 1.165) is 34.5 Å². The van der Waals surface area contributed by atoms with Gasteiger partial charge in [0.25, 0.3) is 0 Å². The molecule has 0 aliphatic heterocycles. The molecule has 20 heavy (non-hydrogen) atoms. The van der Waals surface area contributed by atoms with Crippen LogP contribution in [0.25, 0.3) is 0 Å². The highest BCUT2D eigenvalue weighted by Gasteiger charge is 2.25. The van der Waals surface area contributed by atoms with E-state index < -0.39 is 17.5 Å². The first-order valence-corrected chi connectivity index (χ1v) is 7.04. The maximum absolute atomic E-state index is 13.7. The fourth-order valence-electron chi connectivity index (χ4n) is 2.61. The first-order chi connectivity index (χ1) is 9.56. The Morgan fingerprint density at radius 3 is 2.75 bits per heavy atom. The lowest BCUT2D eigenvalue weighted by atomic mass is 10.1. The summed E-state index contributed by atoms with van der Waals surface area (Å²) < 4.78 is 41.1. The molecular weight excluding hydrogens is 331 g/mol. The summed E-state index contributed by atoms with van der Waals surface area (Å²) >= 11 is 3.48. The van der Waals surface area contributed by atoms with Crippen LogP contribution in [0, 0.1) is 17.5 Å². The van der Waals surface area contributed by atoms with Crippen molar-refractivity contribution in [3.63, 3.8) is 0 Å². The molecule has 0 bridgehead atoms. The van der Waals surface area contributed by atoms with E-state index in [1.807, 2.05) is 18.2 Å². The van der Waals surface area contributed by atoms with Crippen LogP contribution in [0.15, 0.2) is 34.8 Å². The van der Waals surface area contributed by atoms with E-state index in [4.69, 9.17) is 0 Å². The molecule has 104 valence electrons. The predicted octanol–water partition coefficient (Wildman–Crippen LogP) is 4.97. The lowest BCUT2D eigenvalue weighted by Gasteiger charge is -2.16. The predicted molar refractivity (Wildman–Crippen MR) is 75.1 cm³/mol. The van der Waals surface area contributed by atoms with Crippen LogP contribution < -0.4 is 5.32 Å². The second-order valence-electron chi connectivity index (χ2n) is 4.79. The Balaban J connectivity index is 1.94. The number of hydrogen-bond donors (Lipinski definition) is 1. The highest BCUT2D eigenvalue weighted by atomic mass is 79.9. The number of rotatable bonds is 2. The van der Waals surface area contributed by atoms with Crippen LogP contribution >= 0.6 is 15.9 Å². The van der Waals surface area contributed by atoms with E-state index in [1.165, 1.54) is 0 Å². The maximum Gasteiger partial charge on any atom is 0.182 e. The molecule has 5 heteroatoms. The van der Waals surface area contributed by atoms with Crippen molar-refractivity contribution in [2.75, 3.05) is 5.32 Å². The van der Waals surface area contributed by atoms with Crippen molar-refractivity contribution >= 4 is 21.6 Å². The minimum Gasteiger partial charge on any atom is -0.376 e. The molecule has 0 saturated carbocycles. The lowest BCUT2D eigenvalue weighted by Crippen LogP contribution is -2.09. The van der Waals surface area contributed by atoms with Gasteiger partial charge in [-0.2, -0.15) is 0 Å². The Bertz CT molecular complexity index is 672. The molecule has 0 saturated heterocycles. The van der Waals surface area contributed by atoms with Crippen molar-refractivity contribution in [1.29, 1.82) is 0 Å². The third kappa shape index (κ3) is 2.30. The molecule has 1 aliphatic rings. The van der Waals surface area contributed by atoms with Gasteiger partial charge in [0.1, 0.15) is 5.82 Å². The fourth-order valence-corrected chi connectivity index (χ4v) is 3.19. The van der Waals surface area contributed by atoms with Gasteiger partial charge in [0, 0.05) is 16.6 Å². The molecule has 0 radical (unpaired) electrons. The first kappa shape index (κ1) is 13.5. The van der Waals surface area contributed by atoms with E-state index in [1.54, 1.807) is 0 Å². The van der Waals surface area contributed by atoms with Gasteiger partial charge < -0.3 is 5.32 Å². The monoisotopic (exact) mass is 341 g/mol. The zero-order valence-electron chi connectivity index (χ0n) is 10.4. The van der Waals surface area contributed by atoms with Gasteiger partial charge in [0.2, 0.25) is 0 Å². The molecule has 1 N–H and O–H groups in total. The molecule has 1 nitrogen and oxygen atoms in total. The number of fused-ring (bicyclic) bond motifs is 1. The highest BCUT2D eigenvalue weighted by molar-refractivity contribution is 9.10. The molecular formula is C15H11BrF3N. The SMILES string of the molecule is Fc1cc(F)c(F)c(NC2CCc3c(Br)cccc32)c1. The van der Waals surface area contributed by atoms with E-state index >= 15 is 0 Å². The highest BCUT2D eigenvalue weighted by Crippen LogP contribution is 2.38. The van der Waals surface area contributed by atoms with Gasteiger partial charge in [-0.05, 0) is 30.0 Å². The van der Waals surface area contributed by atoms with E-state index in [9.17, 15) is 13.2 Å². The second-order valence-corrected chi connectivity index (χ2v) is 5.65. The van der Waals surface area contributed by atoms with E-state index in [2.05, 4.69) is 21.2 Å². The summed E-state index contributed by atoms with van der Waals surface area (Å²) in [4.78, 5) is 0. The smallest absolute Gasteiger partial charge is 0.182 e. The van der Waals surface area contributed by atoms with Crippen LogP contribution in [0.2, 0.25) is 0 Å². The molecule has 1 unspecified atom stereocenters. The van der Waals surface area contributed by atoms with Gasteiger partial charge in [0.15, 0.2) is 11.6 Å². The number of anilines is 1. The average molecular weight is 342 g/mol. The van der Waals surface area contributed by atoms with E-state index in [-0.39, 0.29) is 11.7 Å². The minimum absolute atomic E-state index is 0.139. The molecule has 0 fully saturated rings. The van der Waals surface area contributed by atoms with Crippen LogP contribution in [-0.2, 0) is 6.42 Å². The zero-order valence-corrected chi connectivity index (χ0v) is 12.0. The molecule has 0 spiro atoms. The van der Waals surface area contributed by atoms with Crippen molar-refractivity contribution in [3.05, 3.63) is 63.4 Å². The van der Waals surface area contributed by atoms with Crippen LogP contribution in [0.1, 0.15) is 23.6 Å². The topological polar surface area (TPSA) is 12.0 Å². The number of benzene rings is 2. The summed E-state index contributed by atoms with van der Waals surface area (Å²) in [5, 5.41) is 2.90. The Labute approximate surface area is 122 Å². The molecule has 1 aliphatic carbocycles. The normalized spacial score (nSPS) is 17.1. The summed E-state index contributed by atoms with van der Waals surface area (Å²) in [6.45, 7) is 0. The van der Waals surface area contributed by atoms with Gasteiger partial charge in [-0.1, -0.05) is 28.1 Å². The third-order valence-corrected chi connectivity index (χ3v) is 4.28. The van der Waals surface area contributed by atoms with Gasteiger partial charge in [-0.3, -0.25) is 0 Å². The van der Waals surface area contributed by atoms with Crippen LogP contribution in [0.4, 0.5) is 18.9 Å². The quantitative estimate of drug-likeness (QED) is 0.760. The Kier molecular flexibility index (Phi) is 3.46. The standard InChI is InChI=1S/C15H11BrF3N/c16-11-3-1-2-10-9(11)4-5-13(10)20-14-7-8(17)6-12(18)15(14)19/h1-3,6-7,13,20H,4-5H2. The van der Waals surface area contributed by atoms with Gasteiger partial charge in [-0.15, -0.1) is 0 Å². The Hall–Kier alpha value is -1.49. The molecule has 1 atom stereocenters. The van der Waals surface area contributed by atoms with Crippen molar-refractivity contribution in [2.24, 2.45) is 0 Å². The summed E-state index contributed by atoms with van der Waals surface area (Å²) in [7, 11) is 0. The fraction of sp³-hybridized carbons (Fsp3) is 0.200. The molecule has 2 aromatic rings. The summed E-state index contributed by atoms with van der Waals surface area (Å²) in [6, 6.07) is 7.17. The van der Waals surface area contributed by atoms with Crippen molar-refractivity contribution in [3.8, 4) is 0 Å². The number of hydrogen-bond acceptors (Lipinski definition) is 1. The first-order valence-electron chi connectivity index (χ1n) is 6.24. The van der Waals surface area contributed by atoms with Gasteiger partial charge in [-0.25, -0.2) is 13.2 Å². The van der Waals surface area contributed by atoms with Gasteiger partial charge >= 0.3 is 0 Å². The van der Waals surface area contributed by atoms with Gasteiger partial charge in [0.05, 0.1) is 11.7 Å². The van der Waals surface area contributed by atoms with Crippen molar-refractivity contribution in [2.45, 2.75) is 18.9 Å². The minimum atomic E-state index is -1.18. The van der Waals surface area contributed by atoms with Crippen molar-refractivity contribution in [1.82, 2.24) is 0 Å². The average Bonchev–Trinajstić information content (AvgIpc) is 2.80. The van der Waals surface area contributed by atoms with Crippen LogP contribution in [-0.4, -0.2) is 0 Å². The number of nitrogens with one attached hydrogen (secondary N) is 1. The Morgan fingerprint density at radius 2 is 1.95 bits per heavy atom. The Morgan fingerprint density at radius 1 is 1.15 bits per heavy atom. The zero-order chi connectivity index (χ0) is 14.3. The summed E-state index contributed by atoms with van der Waals surface area (Å²) in [5.41, 5.74) is 2.05. The van der Waals surface area contributed by atoms with E-state index in [0.29, 0.717) is 6.07 Å².